The molecule has 5 heteroatoms. The van der Waals surface area contributed by atoms with E-state index in [0.29, 0.717) is 0 Å². The Morgan fingerprint density at radius 2 is 1.68 bits per heavy atom. The summed E-state index contributed by atoms with van der Waals surface area (Å²) in [6.07, 6.45) is 0. The molecular weight excluding hydrogens is 278 g/mol. The first kappa shape index (κ1) is 14.3. The Bertz CT molecular complexity index is 765. The standard InChI is InChI=1S/C17H19N3O2/c1-11(12-4-6-13(21-2)7-5-12)18-17-19-15-9-8-14(22-3)10-16(15)20-17/h4-11H,1-3H3,(H2,18,19,20). The minimum absolute atomic E-state index is 0.133. The van der Waals surface area contributed by atoms with Gasteiger partial charge < -0.3 is 19.8 Å². The number of nitrogens with one attached hydrogen (secondary N) is 2. The van der Waals surface area contributed by atoms with Gasteiger partial charge in [0.1, 0.15) is 11.5 Å². The molecule has 1 atom stereocenters. The summed E-state index contributed by atoms with van der Waals surface area (Å²) < 4.78 is 10.4. The molecule has 22 heavy (non-hydrogen) atoms. The van der Waals surface area contributed by atoms with E-state index < -0.39 is 0 Å². The first-order chi connectivity index (χ1) is 10.7. The SMILES string of the molecule is COc1ccc(C(C)Nc2nc3ccc(OC)cc3[nH]2)cc1. The molecule has 2 aromatic carbocycles. The molecule has 0 saturated carbocycles. The van der Waals surface area contributed by atoms with Crippen molar-refractivity contribution in [3.63, 3.8) is 0 Å². The highest BCUT2D eigenvalue weighted by Crippen LogP contribution is 2.24. The summed E-state index contributed by atoms with van der Waals surface area (Å²) in [6, 6.07) is 13.9. The molecule has 0 aliphatic carbocycles. The number of H-pyrrole nitrogens is 1. The molecule has 0 aliphatic heterocycles. The van der Waals surface area contributed by atoms with Crippen LogP contribution in [0.3, 0.4) is 0 Å². The number of imidazole rings is 1. The van der Waals surface area contributed by atoms with E-state index in [4.69, 9.17) is 9.47 Å². The number of benzene rings is 2. The number of methoxy groups -OCH3 is 2. The molecule has 1 heterocycles. The molecule has 0 saturated heterocycles. The van der Waals surface area contributed by atoms with Crippen molar-refractivity contribution in [1.82, 2.24) is 9.97 Å². The number of hydrogen-bond donors (Lipinski definition) is 2. The number of anilines is 1. The van der Waals surface area contributed by atoms with Gasteiger partial charge in [-0.15, -0.1) is 0 Å². The van der Waals surface area contributed by atoms with E-state index in [9.17, 15) is 0 Å². The zero-order valence-electron chi connectivity index (χ0n) is 12.9. The maximum atomic E-state index is 5.22. The zero-order valence-corrected chi connectivity index (χ0v) is 12.9. The first-order valence-corrected chi connectivity index (χ1v) is 7.14. The summed E-state index contributed by atoms with van der Waals surface area (Å²) in [4.78, 5) is 7.81. The molecular formula is C17H19N3O2. The average Bonchev–Trinajstić information content (AvgIpc) is 2.95. The second kappa shape index (κ2) is 5.97. The largest absolute Gasteiger partial charge is 0.497 e. The van der Waals surface area contributed by atoms with E-state index in [1.165, 1.54) is 5.56 Å². The minimum atomic E-state index is 0.133. The van der Waals surface area contributed by atoms with E-state index in [0.717, 1.165) is 28.5 Å². The van der Waals surface area contributed by atoms with Gasteiger partial charge in [-0.25, -0.2) is 4.98 Å². The van der Waals surface area contributed by atoms with Crippen LogP contribution >= 0.6 is 0 Å². The summed E-state index contributed by atoms with van der Waals surface area (Å²) in [7, 11) is 3.32. The summed E-state index contributed by atoms with van der Waals surface area (Å²) in [5.74, 6) is 2.41. The predicted molar refractivity (Wildman–Crippen MR) is 87.7 cm³/mol. The summed E-state index contributed by atoms with van der Waals surface area (Å²) in [6.45, 7) is 2.09. The molecule has 5 nitrogen and oxygen atoms in total. The predicted octanol–water partition coefficient (Wildman–Crippen LogP) is 3.75. The van der Waals surface area contributed by atoms with Gasteiger partial charge in [0.25, 0.3) is 0 Å². The van der Waals surface area contributed by atoms with Crippen molar-refractivity contribution in [3.05, 3.63) is 48.0 Å². The van der Waals surface area contributed by atoms with Gasteiger partial charge in [0.05, 0.1) is 31.3 Å². The zero-order chi connectivity index (χ0) is 15.5. The second-order valence-electron chi connectivity index (χ2n) is 5.11. The number of aromatic amines is 1. The average molecular weight is 297 g/mol. The van der Waals surface area contributed by atoms with Crippen molar-refractivity contribution >= 4 is 17.0 Å². The van der Waals surface area contributed by atoms with Gasteiger partial charge >= 0.3 is 0 Å². The lowest BCUT2D eigenvalue weighted by Crippen LogP contribution is -2.07. The third kappa shape index (κ3) is 2.83. The number of nitrogens with zero attached hydrogens (tertiary/aromatic N) is 1. The van der Waals surface area contributed by atoms with Crippen LogP contribution in [-0.4, -0.2) is 24.2 Å². The van der Waals surface area contributed by atoms with Crippen molar-refractivity contribution in [1.29, 1.82) is 0 Å². The number of rotatable bonds is 5. The Kier molecular flexibility index (Phi) is 3.87. The Morgan fingerprint density at radius 3 is 2.36 bits per heavy atom. The first-order valence-electron chi connectivity index (χ1n) is 7.14. The topological polar surface area (TPSA) is 59.2 Å². The molecule has 114 valence electrons. The maximum Gasteiger partial charge on any atom is 0.201 e. The molecule has 1 unspecified atom stereocenters. The number of hydrogen-bond acceptors (Lipinski definition) is 4. The highest BCUT2D eigenvalue weighted by atomic mass is 16.5. The van der Waals surface area contributed by atoms with Gasteiger partial charge in [-0.3, -0.25) is 0 Å². The highest BCUT2D eigenvalue weighted by Gasteiger charge is 2.09. The smallest absolute Gasteiger partial charge is 0.201 e. The van der Waals surface area contributed by atoms with Crippen LogP contribution in [0.4, 0.5) is 5.95 Å². The number of ether oxygens (including phenoxy) is 2. The van der Waals surface area contributed by atoms with E-state index in [1.54, 1.807) is 14.2 Å². The molecule has 0 aliphatic rings. The van der Waals surface area contributed by atoms with Crippen molar-refractivity contribution in [3.8, 4) is 11.5 Å². The van der Waals surface area contributed by atoms with Crippen molar-refractivity contribution in [2.45, 2.75) is 13.0 Å². The van der Waals surface area contributed by atoms with E-state index in [-0.39, 0.29) is 6.04 Å². The van der Waals surface area contributed by atoms with Crippen LogP contribution < -0.4 is 14.8 Å². The second-order valence-corrected chi connectivity index (χ2v) is 5.11. The van der Waals surface area contributed by atoms with Crippen LogP contribution in [0.5, 0.6) is 11.5 Å². The van der Waals surface area contributed by atoms with Gasteiger partial charge in [0.15, 0.2) is 0 Å². The maximum absolute atomic E-state index is 5.22. The van der Waals surface area contributed by atoms with E-state index >= 15 is 0 Å². The van der Waals surface area contributed by atoms with Crippen LogP contribution in [0.1, 0.15) is 18.5 Å². The molecule has 0 amide bonds. The molecule has 0 radical (unpaired) electrons. The van der Waals surface area contributed by atoms with Crippen molar-refractivity contribution < 1.29 is 9.47 Å². The van der Waals surface area contributed by atoms with Gasteiger partial charge in [-0.05, 0) is 36.8 Å². The highest BCUT2D eigenvalue weighted by molar-refractivity contribution is 5.79. The normalized spacial score (nSPS) is 12.1. The van der Waals surface area contributed by atoms with Crippen LogP contribution in [0.25, 0.3) is 11.0 Å². The molecule has 3 aromatic rings. The minimum Gasteiger partial charge on any atom is -0.497 e. The van der Waals surface area contributed by atoms with Crippen LogP contribution in [0, 0.1) is 0 Å². The van der Waals surface area contributed by atoms with Gasteiger partial charge in [-0.2, -0.15) is 0 Å². The molecule has 0 spiro atoms. The van der Waals surface area contributed by atoms with E-state index in [2.05, 4.69) is 22.2 Å². The quantitative estimate of drug-likeness (QED) is 0.753. The Hall–Kier alpha value is -2.69. The Balaban J connectivity index is 1.79. The molecule has 0 bridgehead atoms. The van der Waals surface area contributed by atoms with Gasteiger partial charge in [0, 0.05) is 6.07 Å². The molecule has 0 fully saturated rings. The van der Waals surface area contributed by atoms with Crippen molar-refractivity contribution in [2.24, 2.45) is 0 Å². The number of aromatic nitrogens is 2. The lowest BCUT2D eigenvalue weighted by molar-refractivity contribution is 0.414. The monoisotopic (exact) mass is 297 g/mol. The van der Waals surface area contributed by atoms with Crippen LogP contribution in [-0.2, 0) is 0 Å². The fourth-order valence-electron chi connectivity index (χ4n) is 2.37. The third-order valence-electron chi connectivity index (χ3n) is 3.66. The van der Waals surface area contributed by atoms with Gasteiger partial charge in [-0.1, -0.05) is 12.1 Å². The Labute approximate surface area is 129 Å². The summed E-state index contributed by atoms with van der Waals surface area (Å²) >= 11 is 0. The van der Waals surface area contributed by atoms with Gasteiger partial charge in [0.2, 0.25) is 5.95 Å². The van der Waals surface area contributed by atoms with Crippen molar-refractivity contribution in [2.75, 3.05) is 19.5 Å². The fraction of sp³-hybridized carbons (Fsp3) is 0.235. The lowest BCUT2D eigenvalue weighted by Gasteiger charge is -2.13. The fourth-order valence-corrected chi connectivity index (χ4v) is 2.37. The Morgan fingerprint density at radius 1 is 1.00 bits per heavy atom. The lowest BCUT2D eigenvalue weighted by atomic mass is 10.1. The number of fused-ring (bicyclic) bond motifs is 1. The molecule has 3 rings (SSSR count). The summed E-state index contributed by atoms with van der Waals surface area (Å²) in [5, 5.41) is 3.37. The molecule has 1 aromatic heterocycles. The third-order valence-corrected chi connectivity index (χ3v) is 3.66. The summed E-state index contributed by atoms with van der Waals surface area (Å²) in [5.41, 5.74) is 3.02. The molecule has 2 N–H and O–H groups in total. The van der Waals surface area contributed by atoms with Crippen LogP contribution in [0.15, 0.2) is 42.5 Å². The van der Waals surface area contributed by atoms with E-state index in [1.807, 2.05) is 42.5 Å². The van der Waals surface area contributed by atoms with Crippen LogP contribution in [0.2, 0.25) is 0 Å².